The van der Waals surface area contributed by atoms with Gasteiger partial charge in [0.25, 0.3) is 5.91 Å². The van der Waals surface area contributed by atoms with Crippen molar-refractivity contribution >= 4 is 23.7 Å². The van der Waals surface area contributed by atoms with Crippen LogP contribution in [0.5, 0.6) is 0 Å². The number of anilines is 1. The van der Waals surface area contributed by atoms with E-state index in [1.807, 2.05) is 0 Å². The number of benzene rings is 1. The number of amides is 4. The molecule has 12 nitrogen and oxygen atoms in total. The minimum absolute atomic E-state index is 0.205. The van der Waals surface area contributed by atoms with Gasteiger partial charge >= 0.3 is 6.03 Å². The summed E-state index contributed by atoms with van der Waals surface area (Å²) in [5.74, 6) is -0.405. The normalized spacial score (nSPS) is 18.8. The second kappa shape index (κ2) is 6.82. The van der Waals surface area contributed by atoms with Crippen molar-refractivity contribution < 1.29 is 18.9 Å². The SMILES string of the molecule is Cc1cc(NC(=O)CN2C(=O)N[C@](C)(c3cccc(-n4cnnn4)c3)C2=O)no1. The van der Waals surface area contributed by atoms with Gasteiger partial charge in [0, 0.05) is 6.07 Å². The van der Waals surface area contributed by atoms with Crippen LogP contribution in [0.1, 0.15) is 18.2 Å². The van der Waals surface area contributed by atoms with Crippen LogP contribution in [0.3, 0.4) is 0 Å². The predicted molar refractivity (Wildman–Crippen MR) is 96.6 cm³/mol. The summed E-state index contributed by atoms with van der Waals surface area (Å²) in [4.78, 5) is 38.5. The predicted octanol–water partition coefficient (Wildman–Crippen LogP) is 0.364. The maximum Gasteiger partial charge on any atom is 0.325 e. The van der Waals surface area contributed by atoms with E-state index >= 15 is 0 Å². The van der Waals surface area contributed by atoms with Crippen LogP contribution in [0, 0.1) is 6.92 Å². The van der Waals surface area contributed by atoms with Gasteiger partial charge in [0.05, 0.1) is 5.69 Å². The highest BCUT2D eigenvalue weighted by Gasteiger charge is 2.49. The molecular weight excluding hydrogens is 380 g/mol. The molecule has 0 spiro atoms. The fraction of sp³-hybridized carbons (Fsp3) is 0.235. The van der Waals surface area contributed by atoms with Crippen LogP contribution in [-0.2, 0) is 15.1 Å². The molecule has 1 atom stereocenters. The van der Waals surface area contributed by atoms with Crippen molar-refractivity contribution in [1.82, 2.24) is 35.6 Å². The second-order valence-electron chi connectivity index (χ2n) is 6.62. The van der Waals surface area contributed by atoms with Crippen molar-refractivity contribution in [2.75, 3.05) is 11.9 Å². The molecule has 0 aliphatic carbocycles. The lowest BCUT2D eigenvalue weighted by Gasteiger charge is -2.22. The van der Waals surface area contributed by atoms with E-state index in [-0.39, 0.29) is 5.82 Å². The van der Waals surface area contributed by atoms with Gasteiger partial charge in [0.2, 0.25) is 5.91 Å². The highest BCUT2D eigenvalue weighted by Crippen LogP contribution is 2.29. The summed E-state index contributed by atoms with van der Waals surface area (Å²) in [7, 11) is 0. The molecule has 3 heterocycles. The van der Waals surface area contributed by atoms with E-state index in [4.69, 9.17) is 4.52 Å². The van der Waals surface area contributed by atoms with E-state index in [1.54, 1.807) is 38.1 Å². The highest BCUT2D eigenvalue weighted by atomic mass is 16.5. The summed E-state index contributed by atoms with van der Waals surface area (Å²) in [5, 5.41) is 19.8. The molecule has 0 unspecified atom stereocenters. The maximum absolute atomic E-state index is 13.0. The molecule has 1 aromatic carbocycles. The average Bonchev–Trinajstić information content (AvgIpc) is 3.41. The van der Waals surface area contributed by atoms with Gasteiger partial charge in [-0.1, -0.05) is 17.3 Å². The number of carbonyl (C=O) groups excluding carboxylic acids is 3. The quantitative estimate of drug-likeness (QED) is 0.588. The van der Waals surface area contributed by atoms with E-state index in [2.05, 4.69) is 31.3 Å². The molecule has 1 fully saturated rings. The molecule has 1 aliphatic rings. The molecule has 29 heavy (non-hydrogen) atoms. The van der Waals surface area contributed by atoms with Gasteiger partial charge in [0.1, 0.15) is 24.2 Å². The second-order valence-corrected chi connectivity index (χ2v) is 6.62. The van der Waals surface area contributed by atoms with Crippen LogP contribution >= 0.6 is 0 Å². The Kier molecular flexibility index (Phi) is 4.30. The molecular formula is C17H16N8O4. The average molecular weight is 396 g/mol. The number of hydrogen-bond donors (Lipinski definition) is 2. The highest BCUT2D eigenvalue weighted by molar-refractivity contribution is 6.10. The number of carbonyl (C=O) groups is 3. The molecule has 1 aliphatic heterocycles. The third-order valence-electron chi connectivity index (χ3n) is 4.51. The first kappa shape index (κ1) is 18.3. The summed E-state index contributed by atoms with van der Waals surface area (Å²) in [5.41, 5.74) is -0.196. The Bertz CT molecular complexity index is 1090. The lowest BCUT2D eigenvalue weighted by atomic mass is 9.91. The summed E-state index contributed by atoms with van der Waals surface area (Å²) in [6, 6.07) is 7.73. The number of rotatable bonds is 5. The number of aryl methyl sites for hydroxylation is 1. The van der Waals surface area contributed by atoms with Crippen LogP contribution in [0.15, 0.2) is 41.2 Å². The molecule has 148 valence electrons. The number of tetrazole rings is 1. The molecule has 2 N–H and O–H groups in total. The van der Waals surface area contributed by atoms with Crippen molar-refractivity contribution in [3.05, 3.63) is 48.0 Å². The minimum Gasteiger partial charge on any atom is -0.360 e. The van der Waals surface area contributed by atoms with E-state index in [1.165, 1.54) is 17.1 Å². The fourth-order valence-corrected chi connectivity index (χ4v) is 3.03. The van der Waals surface area contributed by atoms with Gasteiger partial charge < -0.3 is 15.2 Å². The van der Waals surface area contributed by atoms with Gasteiger partial charge in [-0.15, -0.1) is 5.10 Å². The van der Waals surface area contributed by atoms with Crippen LogP contribution in [-0.4, -0.2) is 54.7 Å². The lowest BCUT2D eigenvalue weighted by Crippen LogP contribution is -2.42. The zero-order valence-corrected chi connectivity index (χ0v) is 15.5. The molecule has 2 aromatic heterocycles. The lowest BCUT2D eigenvalue weighted by molar-refractivity contribution is -0.133. The van der Waals surface area contributed by atoms with Crippen molar-refractivity contribution in [3.63, 3.8) is 0 Å². The van der Waals surface area contributed by atoms with E-state index in [9.17, 15) is 14.4 Å². The molecule has 1 saturated heterocycles. The maximum atomic E-state index is 13.0. The molecule has 4 rings (SSSR count). The number of imide groups is 1. The van der Waals surface area contributed by atoms with E-state index in [0.29, 0.717) is 17.0 Å². The number of nitrogens with one attached hydrogen (secondary N) is 2. The Balaban J connectivity index is 1.54. The Hall–Kier alpha value is -4.09. The third kappa shape index (κ3) is 3.31. The van der Waals surface area contributed by atoms with Gasteiger partial charge in [-0.2, -0.15) is 0 Å². The van der Waals surface area contributed by atoms with E-state index < -0.39 is 29.9 Å². The molecule has 0 radical (unpaired) electrons. The van der Waals surface area contributed by atoms with Crippen LogP contribution in [0.2, 0.25) is 0 Å². The van der Waals surface area contributed by atoms with Gasteiger partial charge in [0.15, 0.2) is 5.82 Å². The summed E-state index contributed by atoms with van der Waals surface area (Å²) >= 11 is 0. The number of aromatic nitrogens is 5. The smallest absolute Gasteiger partial charge is 0.325 e. The first-order valence-electron chi connectivity index (χ1n) is 8.58. The zero-order valence-electron chi connectivity index (χ0n) is 15.5. The Morgan fingerprint density at radius 2 is 2.14 bits per heavy atom. The zero-order chi connectivity index (χ0) is 20.6. The molecule has 3 aromatic rings. The van der Waals surface area contributed by atoms with Gasteiger partial charge in [-0.25, -0.2) is 9.48 Å². The summed E-state index contributed by atoms with van der Waals surface area (Å²) in [6.45, 7) is 2.79. The van der Waals surface area contributed by atoms with Crippen molar-refractivity contribution in [2.45, 2.75) is 19.4 Å². The number of hydrogen-bond acceptors (Lipinski definition) is 8. The fourth-order valence-electron chi connectivity index (χ4n) is 3.03. The Morgan fingerprint density at radius 3 is 2.83 bits per heavy atom. The van der Waals surface area contributed by atoms with Crippen molar-refractivity contribution in [1.29, 1.82) is 0 Å². The number of nitrogens with zero attached hydrogens (tertiary/aromatic N) is 6. The van der Waals surface area contributed by atoms with Crippen LogP contribution < -0.4 is 10.6 Å². The Labute approximate surface area is 163 Å². The molecule has 0 bridgehead atoms. The largest absolute Gasteiger partial charge is 0.360 e. The van der Waals surface area contributed by atoms with Crippen molar-refractivity contribution in [3.8, 4) is 5.69 Å². The minimum atomic E-state index is -1.34. The summed E-state index contributed by atoms with van der Waals surface area (Å²) < 4.78 is 6.30. The van der Waals surface area contributed by atoms with Gasteiger partial charge in [-0.3, -0.25) is 14.5 Å². The van der Waals surface area contributed by atoms with Crippen molar-refractivity contribution in [2.24, 2.45) is 0 Å². The summed E-state index contributed by atoms with van der Waals surface area (Å²) in [6.07, 6.45) is 1.42. The van der Waals surface area contributed by atoms with Crippen LogP contribution in [0.4, 0.5) is 10.6 Å². The standard InChI is InChI=1S/C17H16N8O4/c1-10-6-13(21-29-10)19-14(26)8-24-15(27)17(2,20-16(24)28)11-4-3-5-12(7-11)25-9-18-22-23-25/h3-7,9H,8H2,1-2H3,(H,20,28)(H,19,21,26)/t17-/m1/s1. The molecule has 0 saturated carbocycles. The number of urea groups is 1. The monoisotopic (exact) mass is 396 g/mol. The van der Waals surface area contributed by atoms with Gasteiger partial charge in [-0.05, 0) is 42.0 Å². The van der Waals surface area contributed by atoms with E-state index in [0.717, 1.165) is 4.90 Å². The molecule has 4 amide bonds. The topological polar surface area (TPSA) is 148 Å². The first-order chi connectivity index (χ1) is 13.9. The Morgan fingerprint density at radius 1 is 1.31 bits per heavy atom. The third-order valence-corrected chi connectivity index (χ3v) is 4.51. The van der Waals surface area contributed by atoms with Crippen LogP contribution in [0.25, 0.3) is 5.69 Å². The molecule has 12 heteroatoms. The first-order valence-corrected chi connectivity index (χ1v) is 8.58.